The van der Waals surface area contributed by atoms with E-state index in [1.54, 1.807) is 41.9 Å². The van der Waals surface area contributed by atoms with Crippen molar-refractivity contribution in [2.24, 2.45) is 11.3 Å². The number of urea groups is 1. The molecule has 3 aliphatic rings. The molecule has 1 saturated carbocycles. The molecular weight excluding hydrogens is 646 g/mol. The third-order valence-corrected chi connectivity index (χ3v) is 10.3. The summed E-state index contributed by atoms with van der Waals surface area (Å²) in [4.78, 5) is 73.7. The van der Waals surface area contributed by atoms with Crippen LogP contribution in [0.3, 0.4) is 0 Å². The predicted octanol–water partition coefficient (Wildman–Crippen LogP) is 4.19. The van der Waals surface area contributed by atoms with Crippen LogP contribution in [0.2, 0.25) is 0 Å². The molecule has 13 heteroatoms. The highest BCUT2D eigenvalue weighted by atomic mass is 32.1. The number of aliphatic carboxylic acids is 1. The van der Waals surface area contributed by atoms with Crippen molar-refractivity contribution in [3.8, 4) is 0 Å². The highest BCUT2D eigenvalue weighted by molar-refractivity contribution is 7.10. The van der Waals surface area contributed by atoms with Gasteiger partial charge in [-0.3, -0.25) is 24.6 Å². The maximum Gasteiger partial charge on any atom is 0.330 e. The number of nitrogens with one attached hydrogen (secondary N) is 2. The van der Waals surface area contributed by atoms with E-state index in [0.717, 1.165) is 10.6 Å². The average molecular weight is 694 g/mol. The number of anilines is 1. The fourth-order valence-electron chi connectivity index (χ4n) is 6.84. The van der Waals surface area contributed by atoms with Gasteiger partial charge in [0.2, 0.25) is 11.8 Å². The van der Waals surface area contributed by atoms with Crippen LogP contribution in [0.4, 0.5) is 10.5 Å². The van der Waals surface area contributed by atoms with Crippen molar-refractivity contribution in [1.29, 1.82) is 0 Å². The molecule has 3 fully saturated rings. The van der Waals surface area contributed by atoms with Crippen molar-refractivity contribution >= 4 is 46.8 Å². The lowest BCUT2D eigenvalue weighted by Crippen LogP contribution is -2.59. The molecule has 1 aromatic carbocycles. The van der Waals surface area contributed by atoms with E-state index in [9.17, 15) is 29.1 Å². The summed E-state index contributed by atoms with van der Waals surface area (Å²) in [6.07, 6.45) is 1.82. The van der Waals surface area contributed by atoms with E-state index in [-0.39, 0.29) is 38.0 Å². The third-order valence-electron chi connectivity index (χ3n) is 9.36. The Balaban J connectivity index is 1.45. The van der Waals surface area contributed by atoms with Crippen LogP contribution >= 0.6 is 11.3 Å². The molecule has 2 aliphatic heterocycles. The molecule has 2 aromatic rings. The van der Waals surface area contributed by atoms with Crippen molar-refractivity contribution < 1.29 is 33.8 Å². The molecule has 4 amide bonds. The van der Waals surface area contributed by atoms with Crippen molar-refractivity contribution in [3.63, 3.8) is 0 Å². The molecule has 0 bridgehead atoms. The summed E-state index contributed by atoms with van der Waals surface area (Å²) in [5.41, 5.74) is -2.17. The fraction of sp³-hybridized carbons (Fsp3) is 0.528. The van der Waals surface area contributed by atoms with Gasteiger partial charge in [0.1, 0.15) is 17.2 Å². The van der Waals surface area contributed by atoms with E-state index >= 15 is 0 Å². The zero-order valence-corrected chi connectivity index (χ0v) is 29.8. The van der Waals surface area contributed by atoms with Crippen LogP contribution in [0.25, 0.3) is 0 Å². The van der Waals surface area contributed by atoms with Crippen molar-refractivity contribution in [2.45, 2.75) is 89.7 Å². The average Bonchev–Trinajstić information content (AvgIpc) is 3.38. The van der Waals surface area contributed by atoms with Gasteiger partial charge in [-0.15, -0.1) is 17.9 Å². The summed E-state index contributed by atoms with van der Waals surface area (Å²) in [6.45, 7) is 14.7. The second-order valence-electron chi connectivity index (χ2n) is 15.1. The normalized spacial score (nSPS) is 26.0. The highest BCUT2D eigenvalue weighted by Gasteiger charge is 2.61. The molecule has 12 nitrogen and oxygen atoms in total. The second kappa shape index (κ2) is 13.6. The number of amides is 4. The summed E-state index contributed by atoms with van der Waals surface area (Å²) in [7, 11) is 0. The molecule has 1 aromatic heterocycles. The maximum atomic E-state index is 14.5. The molecular formula is C36H47N5O7S. The molecule has 0 spiro atoms. The SMILES string of the molecule is C=C[C@@H]1C[C@]1(NC(=O)[C@@H]1C[C@@H](N2CC(c3cccs3)N(c3ccccc3)C2=O)CN1C(=O)[C@@H](NCC(=O)OC(C)(C)C)C(C)(C)C)C(=O)O. The van der Waals surface area contributed by atoms with Gasteiger partial charge in [-0.2, -0.15) is 0 Å². The van der Waals surface area contributed by atoms with Gasteiger partial charge < -0.3 is 25.0 Å². The number of rotatable bonds is 11. The van der Waals surface area contributed by atoms with Crippen LogP contribution in [-0.2, 0) is 23.9 Å². The number of carbonyl (C=O) groups excluding carboxylic acids is 4. The molecule has 264 valence electrons. The Kier molecular flexibility index (Phi) is 10.00. The minimum absolute atomic E-state index is 0.0497. The molecule has 2 saturated heterocycles. The lowest BCUT2D eigenvalue weighted by atomic mass is 9.85. The van der Waals surface area contributed by atoms with Gasteiger partial charge in [0.05, 0.1) is 24.7 Å². The van der Waals surface area contributed by atoms with Crippen LogP contribution in [-0.4, -0.2) is 93.6 Å². The monoisotopic (exact) mass is 693 g/mol. The van der Waals surface area contributed by atoms with Crippen molar-refractivity contribution in [3.05, 3.63) is 65.4 Å². The largest absolute Gasteiger partial charge is 0.479 e. The van der Waals surface area contributed by atoms with E-state index in [1.807, 2.05) is 68.6 Å². The smallest absolute Gasteiger partial charge is 0.330 e. The molecule has 0 radical (unpaired) electrons. The van der Waals surface area contributed by atoms with Gasteiger partial charge in [0.15, 0.2) is 0 Å². The first kappa shape index (κ1) is 36.1. The van der Waals surface area contributed by atoms with Crippen LogP contribution in [0.15, 0.2) is 60.5 Å². The van der Waals surface area contributed by atoms with E-state index in [2.05, 4.69) is 17.2 Å². The number of carbonyl (C=O) groups is 5. The molecule has 1 aliphatic carbocycles. The summed E-state index contributed by atoms with van der Waals surface area (Å²) in [6, 6.07) is 10.3. The zero-order valence-electron chi connectivity index (χ0n) is 29.0. The third kappa shape index (κ3) is 7.52. The number of carboxylic acids is 1. The minimum atomic E-state index is -1.50. The first-order valence-electron chi connectivity index (χ1n) is 16.6. The Morgan fingerprint density at radius 1 is 1.08 bits per heavy atom. The van der Waals surface area contributed by atoms with Gasteiger partial charge in [-0.05, 0) is 62.6 Å². The van der Waals surface area contributed by atoms with Crippen LogP contribution < -0.4 is 15.5 Å². The fourth-order valence-corrected chi connectivity index (χ4v) is 7.65. The number of hydrogen-bond acceptors (Lipinski definition) is 8. The molecule has 3 N–H and O–H groups in total. The number of para-hydroxylation sites is 1. The lowest BCUT2D eigenvalue weighted by Gasteiger charge is -2.36. The summed E-state index contributed by atoms with van der Waals surface area (Å²) in [5, 5.41) is 17.8. The van der Waals surface area contributed by atoms with E-state index < -0.39 is 64.4 Å². The first-order valence-corrected chi connectivity index (χ1v) is 17.5. The van der Waals surface area contributed by atoms with Gasteiger partial charge >= 0.3 is 18.0 Å². The number of esters is 1. The summed E-state index contributed by atoms with van der Waals surface area (Å²) in [5.74, 6) is -3.18. The molecule has 5 rings (SSSR count). The number of thiophene rings is 1. The maximum absolute atomic E-state index is 14.5. The number of hydrogen-bond donors (Lipinski definition) is 3. The highest BCUT2D eigenvalue weighted by Crippen LogP contribution is 2.45. The van der Waals surface area contributed by atoms with E-state index in [4.69, 9.17) is 4.74 Å². The van der Waals surface area contributed by atoms with Gasteiger partial charge in [0, 0.05) is 29.6 Å². The predicted molar refractivity (Wildman–Crippen MR) is 186 cm³/mol. The number of benzene rings is 1. The standard InChI is InChI=1S/C36H47N5O7S/c1-8-22-18-36(22,32(45)46)38-30(43)25-17-24(20-40(25)31(44)29(34(2,3)4)37-19-28(42)48-35(5,6)7)39-21-26(27-15-12-16-49-27)41(33(39)47)23-13-10-9-11-14-23/h8-16,22,24-26,29,37H,1,17-21H2,2-7H3,(H,38,43)(H,45,46)/t22-,24-,25+,26?,29-,36-/m1/s1. The zero-order chi connectivity index (χ0) is 35.9. The number of likely N-dealkylation sites (tertiary alicyclic amines) is 1. The first-order chi connectivity index (χ1) is 23.0. The minimum Gasteiger partial charge on any atom is -0.479 e. The Hall–Kier alpha value is -4.23. The van der Waals surface area contributed by atoms with E-state index in [0.29, 0.717) is 6.54 Å². The molecule has 6 atom stereocenters. The van der Waals surface area contributed by atoms with Gasteiger partial charge in [-0.1, -0.05) is 51.1 Å². The molecule has 3 heterocycles. The van der Waals surface area contributed by atoms with Gasteiger partial charge in [-0.25, -0.2) is 9.59 Å². The topological polar surface area (TPSA) is 149 Å². The van der Waals surface area contributed by atoms with Crippen LogP contribution in [0, 0.1) is 11.3 Å². The Morgan fingerprint density at radius 3 is 2.33 bits per heavy atom. The molecule has 49 heavy (non-hydrogen) atoms. The van der Waals surface area contributed by atoms with Crippen molar-refractivity contribution in [1.82, 2.24) is 20.4 Å². The summed E-state index contributed by atoms with van der Waals surface area (Å²) < 4.78 is 5.45. The van der Waals surface area contributed by atoms with Gasteiger partial charge in [0.25, 0.3) is 0 Å². The van der Waals surface area contributed by atoms with Crippen LogP contribution in [0.5, 0.6) is 0 Å². The summed E-state index contributed by atoms with van der Waals surface area (Å²) >= 11 is 1.55. The molecule has 1 unspecified atom stereocenters. The Morgan fingerprint density at radius 2 is 1.78 bits per heavy atom. The van der Waals surface area contributed by atoms with Crippen molar-refractivity contribution in [2.75, 3.05) is 24.5 Å². The van der Waals surface area contributed by atoms with Crippen LogP contribution in [0.1, 0.15) is 65.3 Å². The number of nitrogens with zero attached hydrogens (tertiary/aromatic N) is 3. The quantitative estimate of drug-likeness (QED) is 0.235. The number of ether oxygens (including phenoxy) is 1. The second-order valence-corrected chi connectivity index (χ2v) is 16.1. The Bertz CT molecular complexity index is 1580. The lowest BCUT2D eigenvalue weighted by molar-refractivity contribution is -0.154. The number of carboxylic acid groups (broad SMARTS) is 1. The van der Waals surface area contributed by atoms with E-state index in [1.165, 1.54) is 11.0 Å². The Labute approximate surface area is 291 Å².